The predicted molar refractivity (Wildman–Crippen MR) is 126 cm³/mol. The molecule has 0 aromatic carbocycles. The quantitative estimate of drug-likeness (QED) is 0.368. The molecular formula is C27H42O2. The van der Waals surface area contributed by atoms with E-state index >= 15 is 0 Å². The van der Waals surface area contributed by atoms with Crippen molar-refractivity contribution in [2.45, 2.75) is 99.0 Å². The van der Waals surface area contributed by atoms with E-state index in [0.717, 1.165) is 44.9 Å². The fourth-order valence-corrected chi connectivity index (χ4v) is 3.57. The van der Waals surface area contributed by atoms with Gasteiger partial charge in [-0.3, -0.25) is 4.79 Å². The zero-order chi connectivity index (χ0) is 21.8. The summed E-state index contributed by atoms with van der Waals surface area (Å²) in [4.78, 5) is 11.8. The highest BCUT2D eigenvalue weighted by Crippen LogP contribution is 2.25. The summed E-state index contributed by atoms with van der Waals surface area (Å²) < 4.78 is 0. The molecular weight excluding hydrogens is 356 g/mol. The topological polar surface area (TPSA) is 37.3 Å². The maximum Gasteiger partial charge on any atom is 0.158 e. The van der Waals surface area contributed by atoms with Gasteiger partial charge in [-0.15, -0.1) is 0 Å². The average molecular weight is 399 g/mol. The Hall–Kier alpha value is -1.67. The van der Waals surface area contributed by atoms with Gasteiger partial charge >= 0.3 is 0 Å². The molecule has 162 valence electrons. The van der Waals surface area contributed by atoms with Crippen LogP contribution in [0, 0.1) is 5.92 Å². The number of rotatable bonds is 11. The predicted octanol–water partition coefficient (Wildman–Crippen LogP) is 7.42. The number of carbonyl (C=O) groups is 1. The Bertz CT molecular complexity index is 681. The van der Waals surface area contributed by atoms with Crippen molar-refractivity contribution in [1.82, 2.24) is 0 Å². The van der Waals surface area contributed by atoms with E-state index in [0.29, 0.717) is 12.0 Å². The normalized spacial score (nSPS) is 21.3. The monoisotopic (exact) mass is 398 g/mol. The Balaban J connectivity index is 2.32. The second-order valence-corrected chi connectivity index (χ2v) is 9.01. The van der Waals surface area contributed by atoms with Gasteiger partial charge < -0.3 is 5.11 Å². The highest BCUT2D eigenvalue weighted by atomic mass is 16.3. The average Bonchev–Trinajstić information content (AvgIpc) is 2.63. The van der Waals surface area contributed by atoms with Crippen LogP contribution in [0.5, 0.6) is 0 Å². The van der Waals surface area contributed by atoms with E-state index in [-0.39, 0.29) is 11.7 Å². The third-order valence-corrected chi connectivity index (χ3v) is 5.71. The minimum atomic E-state index is -0.489. The van der Waals surface area contributed by atoms with Crippen molar-refractivity contribution in [3.8, 4) is 0 Å². The van der Waals surface area contributed by atoms with Crippen LogP contribution in [-0.4, -0.2) is 17.0 Å². The van der Waals surface area contributed by atoms with Gasteiger partial charge in [0.2, 0.25) is 0 Å². The number of aliphatic hydroxyl groups excluding tert-OH is 1. The molecule has 0 saturated heterocycles. The van der Waals surface area contributed by atoms with E-state index in [1.807, 2.05) is 0 Å². The summed E-state index contributed by atoms with van der Waals surface area (Å²) in [5.41, 5.74) is 6.39. The fourth-order valence-electron chi connectivity index (χ4n) is 3.57. The molecule has 0 aromatic rings. The maximum absolute atomic E-state index is 11.8. The van der Waals surface area contributed by atoms with E-state index in [2.05, 4.69) is 58.9 Å². The smallest absolute Gasteiger partial charge is 0.158 e. The molecule has 1 rings (SSSR count). The minimum Gasteiger partial charge on any atom is -0.389 e. The second-order valence-electron chi connectivity index (χ2n) is 9.01. The van der Waals surface area contributed by atoms with Crippen molar-refractivity contribution >= 4 is 5.78 Å². The Morgan fingerprint density at radius 3 is 1.90 bits per heavy atom. The molecule has 0 radical (unpaired) electrons. The first-order chi connectivity index (χ1) is 13.7. The number of carbonyl (C=O) groups excluding carboxylic acids is 1. The SMILES string of the molecule is CC(C)=CCCC(C)=CCCC(C)=CCCC(C)=CCC1CC(=O)C(C)=CC1O. The standard InChI is InChI=1S/C27H42O2/c1-20(2)10-7-11-21(3)12-8-13-22(4)14-9-15-23(5)16-17-25-19-26(28)24(6)18-27(25)29/h10,12,14,16,18,25,27,29H,7-9,11,13,15,17,19H2,1-6H3. The van der Waals surface area contributed by atoms with Crippen molar-refractivity contribution in [2.24, 2.45) is 5.92 Å². The van der Waals surface area contributed by atoms with E-state index in [1.165, 1.54) is 22.3 Å². The van der Waals surface area contributed by atoms with Crippen molar-refractivity contribution in [3.05, 3.63) is 58.2 Å². The number of hydrogen-bond acceptors (Lipinski definition) is 2. The molecule has 0 saturated carbocycles. The molecule has 0 heterocycles. The highest BCUT2D eigenvalue weighted by Gasteiger charge is 2.25. The van der Waals surface area contributed by atoms with Crippen molar-refractivity contribution in [3.63, 3.8) is 0 Å². The molecule has 0 aromatic heterocycles. The van der Waals surface area contributed by atoms with Crippen LogP contribution in [0.2, 0.25) is 0 Å². The summed E-state index contributed by atoms with van der Waals surface area (Å²) in [6.45, 7) is 12.7. The molecule has 0 bridgehead atoms. The van der Waals surface area contributed by atoms with E-state index in [9.17, 15) is 9.90 Å². The summed E-state index contributed by atoms with van der Waals surface area (Å²) in [7, 11) is 0. The molecule has 2 heteroatoms. The lowest BCUT2D eigenvalue weighted by Crippen LogP contribution is -2.26. The largest absolute Gasteiger partial charge is 0.389 e. The van der Waals surface area contributed by atoms with Gasteiger partial charge in [0.25, 0.3) is 0 Å². The summed E-state index contributed by atoms with van der Waals surface area (Å²) in [5.74, 6) is 0.205. The molecule has 2 unspecified atom stereocenters. The lowest BCUT2D eigenvalue weighted by atomic mass is 9.84. The van der Waals surface area contributed by atoms with Crippen LogP contribution >= 0.6 is 0 Å². The highest BCUT2D eigenvalue weighted by molar-refractivity contribution is 5.95. The molecule has 1 N–H and O–H groups in total. The molecule has 1 aliphatic carbocycles. The summed E-state index contributed by atoms with van der Waals surface area (Å²) in [5, 5.41) is 10.1. The maximum atomic E-state index is 11.8. The third-order valence-electron chi connectivity index (χ3n) is 5.71. The Morgan fingerprint density at radius 2 is 1.38 bits per heavy atom. The van der Waals surface area contributed by atoms with Crippen molar-refractivity contribution in [2.75, 3.05) is 0 Å². The zero-order valence-corrected chi connectivity index (χ0v) is 19.6. The number of aliphatic hydroxyl groups is 1. The lowest BCUT2D eigenvalue weighted by molar-refractivity contribution is -0.117. The molecule has 0 amide bonds. The summed E-state index contributed by atoms with van der Waals surface area (Å²) in [6.07, 6.45) is 18.4. The third kappa shape index (κ3) is 11.2. The van der Waals surface area contributed by atoms with Crippen LogP contribution in [-0.2, 0) is 4.79 Å². The van der Waals surface area contributed by atoms with E-state index < -0.39 is 6.10 Å². The van der Waals surface area contributed by atoms with Crippen molar-refractivity contribution in [1.29, 1.82) is 0 Å². The van der Waals surface area contributed by atoms with E-state index in [1.54, 1.807) is 13.0 Å². The number of ketones is 1. The molecule has 29 heavy (non-hydrogen) atoms. The number of allylic oxidation sites excluding steroid dienone is 9. The van der Waals surface area contributed by atoms with Gasteiger partial charge in [0.15, 0.2) is 5.78 Å². The first kappa shape index (κ1) is 25.4. The molecule has 0 fully saturated rings. The van der Waals surface area contributed by atoms with Gasteiger partial charge in [0.05, 0.1) is 6.10 Å². The van der Waals surface area contributed by atoms with Gasteiger partial charge in [-0.05, 0) is 104 Å². The first-order valence-electron chi connectivity index (χ1n) is 11.2. The first-order valence-corrected chi connectivity index (χ1v) is 11.2. The van der Waals surface area contributed by atoms with Crippen LogP contribution in [0.3, 0.4) is 0 Å². The Kier molecular flexibility index (Phi) is 11.8. The number of hydrogen-bond donors (Lipinski definition) is 1. The zero-order valence-electron chi connectivity index (χ0n) is 19.6. The van der Waals surface area contributed by atoms with Crippen LogP contribution in [0.25, 0.3) is 0 Å². The molecule has 2 atom stereocenters. The molecule has 2 nitrogen and oxygen atoms in total. The van der Waals surface area contributed by atoms with Gasteiger partial charge in [-0.1, -0.05) is 46.6 Å². The molecule has 0 aliphatic heterocycles. The Morgan fingerprint density at radius 1 is 0.897 bits per heavy atom. The second kappa shape index (κ2) is 13.5. The minimum absolute atomic E-state index is 0.0326. The van der Waals surface area contributed by atoms with Gasteiger partial charge in [-0.2, -0.15) is 0 Å². The molecule has 0 spiro atoms. The van der Waals surface area contributed by atoms with E-state index in [4.69, 9.17) is 0 Å². The van der Waals surface area contributed by atoms with Crippen LogP contribution in [0.15, 0.2) is 58.2 Å². The fraction of sp³-hybridized carbons (Fsp3) is 0.593. The van der Waals surface area contributed by atoms with Gasteiger partial charge in [-0.25, -0.2) is 0 Å². The van der Waals surface area contributed by atoms with Gasteiger partial charge in [0, 0.05) is 6.42 Å². The van der Waals surface area contributed by atoms with Crippen LogP contribution in [0.1, 0.15) is 92.9 Å². The summed E-state index contributed by atoms with van der Waals surface area (Å²) >= 11 is 0. The van der Waals surface area contributed by atoms with Crippen LogP contribution < -0.4 is 0 Å². The lowest BCUT2D eigenvalue weighted by Gasteiger charge is -2.24. The molecule has 1 aliphatic rings. The van der Waals surface area contributed by atoms with Crippen LogP contribution in [0.4, 0.5) is 0 Å². The van der Waals surface area contributed by atoms with Gasteiger partial charge in [0.1, 0.15) is 0 Å². The van der Waals surface area contributed by atoms with Crippen molar-refractivity contribution < 1.29 is 9.90 Å². The number of Topliss-reactive ketones (excluding diaryl/α,β-unsaturated/α-hetero) is 1. The summed E-state index contributed by atoms with van der Waals surface area (Å²) in [6, 6.07) is 0. The Labute approximate surface area is 179 Å².